The molecule has 2 aromatic rings. The minimum Gasteiger partial charge on any atom is -0.322 e. The van der Waals surface area contributed by atoms with Crippen LogP contribution in [-0.2, 0) is 20.0 Å². The van der Waals surface area contributed by atoms with E-state index in [2.05, 4.69) is 14.8 Å². The summed E-state index contributed by atoms with van der Waals surface area (Å²) in [6.45, 7) is 3.45. The van der Waals surface area contributed by atoms with Crippen molar-refractivity contribution < 1.29 is 21.6 Å². The smallest absolute Gasteiger partial charge is 0.255 e. The van der Waals surface area contributed by atoms with Crippen LogP contribution < -0.4 is 14.8 Å². The predicted octanol–water partition coefficient (Wildman–Crippen LogP) is 2.37. The van der Waals surface area contributed by atoms with Gasteiger partial charge in [0.15, 0.2) is 0 Å². The molecular formula is C19H23N3O5S2. The van der Waals surface area contributed by atoms with Crippen LogP contribution in [0.3, 0.4) is 0 Å². The first-order valence-electron chi connectivity index (χ1n) is 8.97. The Labute approximate surface area is 170 Å². The third-order valence-electron chi connectivity index (χ3n) is 4.45. The van der Waals surface area contributed by atoms with Gasteiger partial charge in [0, 0.05) is 17.3 Å². The molecule has 1 fully saturated rings. The fraction of sp³-hybridized carbons (Fsp3) is 0.316. The Morgan fingerprint density at radius 2 is 1.62 bits per heavy atom. The number of carbonyl (C=O) groups excluding carboxylic acids is 1. The van der Waals surface area contributed by atoms with Gasteiger partial charge in [0.2, 0.25) is 20.0 Å². The van der Waals surface area contributed by atoms with E-state index < -0.39 is 26.0 Å². The fourth-order valence-electron chi connectivity index (χ4n) is 2.71. The van der Waals surface area contributed by atoms with E-state index in [0.717, 1.165) is 19.1 Å². The lowest BCUT2D eigenvalue weighted by atomic mass is 10.1. The van der Waals surface area contributed by atoms with Crippen molar-refractivity contribution in [3.05, 3.63) is 53.1 Å². The summed E-state index contributed by atoms with van der Waals surface area (Å²) in [5.41, 5.74) is 2.28. The Hall–Kier alpha value is -2.43. The molecule has 156 valence electrons. The zero-order valence-electron chi connectivity index (χ0n) is 16.3. The van der Waals surface area contributed by atoms with Gasteiger partial charge in [0.25, 0.3) is 5.91 Å². The summed E-state index contributed by atoms with van der Waals surface area (Å²) in [4.78, 5) is 12.8. The number of aryl methyl sites for hydroxylation is 2. The molecule has 0 aliphatic heterocycles. The molecule has 1 aliphatic rings. The molecule has 0 spiro atoms. The quantitative estimate of drug-likeness (QED) is 0.614. The van der Waals surface area contributed by atoms with E-state index in [1.54, 1.807) is 32.0 Å². The zero-order valence-corrected chi connectivity index (χ0v) is 17.9. The van der Waals surface area contributed by atoms with Gasteiger partial charge >= 0.3 is 0 Å². The Bertz CT molecular complexity index is 1170. The minimum absolute atomic E-state index is 0.0310. The summed E-state index contributed by atoms with van der Waals surface area (Å²) in [5, 5.41) is 2.70. The fourth-order valence-corrected chi connectivity index (χ4v) is 4.66. The van der Waals surface area contributed by atoms with Crippen LogP contribution in [0.1, 0.15) is 34.3 Å². The molecule has 1 amide bonds. The molecule has 0 bridgehead atoms. The summed E-state index contributed by atoms with van der Waals surface area (Å²) in [6.07, 6.45) is 2.67. The molecule has 0 heterocycles. The lowest BCUT2D eigenvalue weighted by molar-refractivity contribution is 0.102. The van der Waals surface area contributed by atoms with Crippen LogP contribution in [0.4, 0.5) is 11.4 Å². The second-order valence-corrected chi connectivity index (χ2v) is 10.7. The molecule has 3 rings (SSSR count). The van der Waals surface area contributed by atoms with Crippen molar-refractivity contribution in [2.75, 3.05) is 16.3 Å². The molecule has 0 radical (unpaired) electrons. The highest BCUT2D eigenvalue weighted by Crippen LogP contribution is 2.25. The van der Waals surface area contributed by atoms with Gasteiger partial charge in [-0.3, -0.25) is 9.52 Å². The minimum atomic E-state index is -3.68. The number of nitrogens with one attached hydrogen (secondary N) is 3. The summed E-state index contributed by atoms with van der Waals surface area (Å²) in [5.74, 6) is -0.486. The number of amides is 1. The third kappa shape index (κ3) is 5.55. The Morgan fingerprint density at radius 3 is 2.24 bits per heavy atom. The molecule has 3 N–H and O–H groups in total. The van der Waals surface area contributed by atoms with E-state index in [9.17, 15) is 21.6 Å². The first-order valence-corrected chi connectivity index (χ1v) is 12.3. The molecule has 2 aromatic carbocycles. The van der Waals surface area contributed by atoms with E-state index in [1.165, 1.54) is 18.2 Å². The van der Waals surface area contributed by atoms with Crippen molar-refractivity contribution >= 4 is 37.3 Å². The zero-order chi connectivity index (χ0) is 21.4. The second-order valence-electron chi connectivity index (χ2n) is 7.23. The van der Waals surface area contributed by atoms with Crippen LogP contribution in [0.25, 0.3) is 0 Å². The number of hydrogen-bond donors (Lipinski definition) is 3. The second kappa shape index (κ2) is 7.77. The highest BCUT2D eigenvalue weighted by atomic mass is 32.2. The Kier molecular flexibility index (Phi) is 5.70. The van der Waals surface area contributed by atoms with Crippen molar-refractivity contribution in [1.29, 1.82) is 0 Å². The molecule has 0 unspecified atom stereocenters. The van der Waals surface area contributed by atoms with Gasteiger partial charge in [-0.15, -0.1) is 0 Å². The van der Waals surface area contributed by atoms with Crippen LogP contribution in [-0.4, -0.2) is 35.0 Å². The Morgan fingerprint density at radius 1 is 0.966 bits per heavy atom. The largest absolute Gasteiger partial charge is 0.322 e. The van der Waals surface area contributed by atoms with Crippen molar-refractivity contribution in [2.24, 2.45) is 0 Å². The maximum absolute atomic E-state index is 12.8. The lowest BCUT2D eigenvalue weighted by Gasteiger charge is -2.13. The monoisotopic (exact) mass is 437 g/mol. The highest BCUT2D eigenvalue weighted by molar-refractivity contribution is 7.92. The van der Waals surface area contributed by atoms with Crippen molar-refractivity contribution in [1.82, 2.24) is 4.72 Å². The van der Waals surface area contributed by atoms with Gasteiger partial charge in [-0.05, 0) is 62.1 Å². The van der Waals surface area contributed by atoms with E-state index in [0.29, 0.717) is 22.5 Å². The molecule has 10 heteroatoms. The average Bonchev–Trinajstić information content (AvgIpc) is 3.40. The average molecular weight is 438 g/mol. The molecule has 29 heavy (non-hydrogen) atoms. The van der Waals surface area contributed by atoms with Crippen LogP contribution in [0.15, 0.2) is 41.3 Å². The topological polar surface area (TPSA) is 121 Å². The third-order valence-corrected chi connectivity index (χ3v) is 6.56. The maximum atomic E-state index is 12.8. The first kappa shape index (κ1) is 21.3. The van der Waals surface area contributed by atoms with E-state index in [-0.39, 0.29) is 16.5 Å². The van der Waals surface area contributed by atoms with Crippen LogP contribution in [0.2, 0.25) is 0 Å². The van der Waals surface area contributed by atoms with Crippen molar-refractivity contribution in [2.45, 2.75) is 37.6 Å². The number of anilines is 2. The first-order chi connectivity index (χ1) is 13.4. The van der Waals surface area contributed by atoms with Gasteiger partial charge in [-0.2, -0.15) is 0 Å². The summed E-state index contributed by atoms with van der Waals surface area (Å²) < 4.78 is 52.9. The van der Waals surface area contributed by atoms with E-state index in [1.807, 2.05) is 0 Å². The van der Waals surface area contributed by atoms with Crippen molar-refractivity contribution in [3.8, 4) is 0 Å². The number of sulfonamides is 2. The number of hydrogen-bond acceptors (Lipinski definition) is 5. The summed E-state index contributed by atoms with van der Waals surface area (Å²) >= 11 is 0. The molecule has 0 aromatic heterocycles. The van der Waals surface area contributed by atoms with Gasteiger partial charge in [-0.25, -0.2) is 21.6 Å². The summed E-state index contributed by atoms with van der Waals surface area (Å²) in [6, 6.07) is 9.20. The van der Waals surface area contributed by atoms with Crippen molar-refractivity contribution in [3.63, 3.8) is 0 Å². The van der Waals surface area contributed by atoms with Crippen LogP contribution >= 0.6 is 0 Å². The van der Waals surface area contributed by atoms with Gasteiger partial charge in [0.05, 0.1) is 16.8 Å². The SMILES string of the molecule is Cc1ccc(NC(=O)c2cc(S(=O)(=O)NC3CC3)ccc2C)cc1NS(C)(=O)=O. The van der Waals surface area contributed by atoms with E-state index in [4.69, 9.17) is 0 Å². The Balaban J connectivity index is 1.85. The van der Waals surface area contributed by atoms with Crippen LogP contribution in [0, 0.1) is 13.8 Å². The molecule has 1 aliphatic carbocycles. The molecule has 0 saturated heterocycles. The maximum Gasteiger partial charge on any atom is 0.255 e. The number of carbonyl (C=O) groups is 1. The number of benzene rings is 2. The van der Waals surface area contributed by atoms with Gasteiger partial charge < -0.3 is 5.32 Å². The predicted molar refractivity (Wildman–Crippen MR) is 112 cm³/mol. The lowest BCUT2D eigenvalue weighted by Crippen LogP contribution is -2.26. The molecule has 1 saturated carbocycles. The van der Waals surface area contributed by atoms with Crippen LogP contribution in [0.5, 0.6) is 0 Å². The highest BCUT2D eigenvalue weighted by Gasteiger charge is 2.28. The van der Waals surface area contributed by atoms with Gasteiger partial charge in [-0.1, -0.05) is 12.1 Å². The normalized spacial score (nSPS) is 14.4. The van der Waals surface area contributed by atoms with Gasteiger partial charge in [0.1, 0.15) is 0 Å². The standard InChI is InChI=1S/C19H23N3O5S2/c1-12-5-9-16(29(26,27)21-14-7-8-14)11-17(12)19(23)20-15-6-4-13(2)18(10-15)22-28(3,24)25/h4-6,9-11,14,21-22H,7-8H2,1-3H3,(H,20,23). The molecule has 0 atom stereocenters. The molecular weight excluding hydrogens is 414 g/mol. The number of rotatable bonds is 7. The van der Waals surface area contributed by atoms with E-state index >= 15 is 0 Å². The summed E-state index contributed by atoms with van der Waals surface area (Å²) in [7, 11) is -7.15. The molecule has 8 nitrogen and oxygen atoms in total.